The van der Waals surface area contributed by atoms with Gasteiger partial charge in [-0.1, -0.05) is 43.2 Å². The van der Waals surface area contributed by atoms with Gasteiger partial charge in [-0.15, -0.1) is 0 Å². The smallest absolute Gasteiger partial charge is 0.112 e. The molecule has 0 spiro atoms. The van der Waals surface area contributed by atoms with Gasteiger partial charge >= 0.3 is 0 Å². The van der Waals surface area contributed by atoms with E-state index in [0.29, 0.717) is 6.61 Å². The van der Waals surface area contributed by atoms with Crippen LogP contribution in [0, 0.1) is 0 Å². The molecule has 20 heavy (non-hydrogen) atoms. The van der Waals surface area contributed by atoms with Gasteiger partial charge in [-0.05, 0) is 48.8 Å². The molecule has 0 radical (unpaired) electrons. The van der Waals surface area contributed by atoms with E-state index >= 15 is 0 Å². The summed E-state index contributed by atoms with van der Waals surface area (Å²) >= 11 is 0. The highest BCUT2D eigenvalue weighted by Crippen LogP contribution is 2.34. The molecule has 2 aliphatic rings. The predicted octanol–water partition coefficient (Wildman–Crippen LogP) is 3.94. The number of rotatable bonds is 2. The van der Waals surface area contributed by atoms with Crippen LogP contribution in [0.4, 0.5) is 0 Å². The van der Waals surface area contributed by atoms with Crippen LogP contribution >= 0.6 is 0 Å². The van der Waals surface area contributed by atoms with Gasteiger partial charge in [-0.2, -0.15) is 0 Å². The molecule has 1 aliphatic heterocycles. The Hall–Kier alpha value is -1.12. The largest absolute Gasteiger partial charge is 0.386 e. The zero-order valence-corrected chi connectivity index (χ0v) is 12.1. The third-order valence-electron chi connectivity index (χ3n) is 4.52. The van der Waals surface area contributed by atoms with Crippen LogP contribution in [0.5, 0.6) is 0 Å². The zero-order valence-electron chi connectivity index (χ0n) is 12.1. The summed E-state index contributed by atoms with van der Waals surface area (Å²) in [5, 5.41) is 10.8. The van der Waals surface area contributed by atoms with Crippen molar-refractivity contribution < 1.29 is 9.84 Å². The van der Waals surface area contributed by atoms with Crippen LogP contribution in [-0.4, -0.2) is 17.8 Å². The monoisotopic (exact) mass is 272 g/mol. The molecule has 0 fully saturated rings. The summed E-state index contributed by atoms with van der Waals surface area (Å²) in [4.78, 5) is 0. The fourth-order valence-electron chi connectivity index (χ4n) is 3.37. The molecule has 0 amide bonds. The third kappa shape index (κ3) is 2.97. The summed E-state index contributed by atoms with van der Waals surface area (Å²) in [6.45, 7) is 0.714. The summed E-state index contributed by atoms with van der Waals surface area (Å²) in [5.74, 6) is 0. The SMILES string of the molecule is OC(/C1=C/CCCCCC1)C1OCCc2ccccc21. The van der Waals surface area contributed by atoms with E-state index in [1.165, 1.54) is 42.4 Å². The predicted molar refractivity (Wildman–Crippen MR) is 80.6 cm³/mol. The van der Waals surface area contributed by atoms with Crippen LogP contribution in [0.2, 0.25) is 0 Å². The van der Waals surface area contributed by atoms with Crippen LogP contribution in [0.15, 0.2) is 35.9 Å². The third-order valence-corrected chi connectivity index (χ3v) is 4.52. The second kappa shape index (κ2) is 6.55. The van der Waals surface area contributed by atoms with Crippen LogP contribution in [-0.2, 0) is 11.2 Å². The standard InChI is InChI=1S/C18H24O2/c19-17(15-9-4-2-1-3-5-10-15)18-16-11-7-6-8-14(16)12-13-20-18/h6-9,11,17-19H,1-5,10,12-13H2/b15-9+. The number of hydrogen-bond acceptors (Lipinski definition) is 2. The van der Waals surface area contributed by atoms with Crippen molar-refractivity contribution >= 4 is 0 Å². The molecule has 3 rings (SSSR count). The number of fused-ring (bicyclic) bond motifs is 1. The normalized spacial score (nSPS) is 27.6. The fraction of sp³-hybridized carbons (Fsp3) is 0.556. The van der Waals surface area contributed by atoms with Crippen molar-refractivity contribution in [2.24, 2.45) is 0 Å². The molecule has 0 aromatic heterocycles. The van der Waals surface area contributed by atoms with Crippen molar-refractivity contribution in [3.63, 3.8) is 0 Å². The summed E-state index contributed by atoms with van der Waals surface area (Å²) < 4.78 is 5.90. The van der Waals surface area contributed by atoms with Crippen LogP contribution < -0.4 is 0 Å². The fourth-order valence-corrected chi connectivity index (χ4v) is 3.37. The molecule has 1 heterocycles. The first-order chi connectivity index (χ1) is 9.86. The number of aliphatic hydroxyl groups is 1. The highest BCUT2D eigenvalue weighted by atomic mass is 16.5. The summed E-state index contributed by atoms with van der Waals surface area (Å²) in [5.41, 5.74) is 3.69. The van der Waals surface area contributed by atoms with Gasteiger partial charge in [0.15, 0.2) is 0 Å². The van der Waals surface area contributed by atoms with Crippen molar-refractivity contribution in [3.8, 4) is 0 Å². The molecule has 2 unspecified atom stereocenters. The van der Waals surface area contributed by atoms with Gasteiger partial charge in [0.2, 0.25) is 0 Å². The second-order valence-corrected chi connectivity index (χ2v) is 5.92. The lowest BCUT2D eigenvalue weighted by atomic mass is 9.88. The minimum atomic E-state index is -0.477. The number of ether oxygens (including phenoxy) is 1. The van der Waals surface area contributed by atoms with Gasteiger partial charge in [0, 0.05) is 0 Å². The van der Waals surface area contributed by atoms with E-state index in [9.17, 15) is 5.11 Å². The van der Waals surface area contributed by atoms with E-state index in [4.69, 9.17) is 4.74 Å². The first-order valence-corrected chi connectivity index (χ1v) is 7.92. The minimum absolute atomic E-state index is 0.175. The zero-order chi connectivity index (χ0) is 13.8. The number of benzene rings is 1. The first kappa shape index (κ1) is 13.8. The molecule has 2 atom stereocenters. The maximum Gasteiger partial charge on any atom is 0.112 e. The molecule has 0 saturated heterocycles. The van der Waals surface area contributed by atoms with Crippen LogP contribution in [0.3, 0.4) is 0 Å². The second-order valence-electron chi connectivity index (χ2n) is 5.92. The van der Waals surface area contributed by atoms with E-state index < -0.39 is 6.10 Å². The number of aliphatic hydroxyl groups excluding tert-OH is 1. The maximum atomic E-state index is 10.8. The molecule has 1 aliphatic carbocycles. The molecule has 0 saturated carbocycles. The molecule has 108 valence electrons. The summed E-state index contributed by atoms with van der Waals surface area (Å²) in [6.07, 6.45) is 9.72. The quantitative estimate of drug-likeness (QED) is 0.826. The Bertz CT molecular complexity index is 478. The molecule has 1 N–H and O–H groups in total. The van der Waals surface area contributed by atoms with Gasteiger partial charge in [0.05, 0.1) is 6.61 Å². The van der Waals surface area contributed by atoms with Crippen LogP contribution in [0.25, 0.3) is 0 Å². The van der Waals surface area contributed by atoms with Crippen LogP contribution in [0.1, 0.15) is 55.8 Å². The van der Waals surface area contributed by atoms with Gasteiger partial charge < -0.3 is 9.84 Å². The first-order valence-electron chi connectivity index (χ1n) is 7.92. The molecular weight excluding hydrogens is 248 g/mol. The van der Waals surface area contributed by atoms with E-state index in [2.05, 4.69) is 24.3 Å². The summed E-state index contributed by atoms with van der Waals surface area (Å²) in [6, 6.07) is 8.37. The lowest BCUT2D eigenvalue weighted by Gasteiger charge is -2.31. The average Bonchev–Trinajstić information content (AvgIpc) is 2.46. The highest BCUT2D eigenvalue weighted by Gasteiger charge is 2.29. The van der Waals surface area contributed by atoms with E-state index in [-0.39, 0.29) is 6.10 Å². The molecular formula is C18H24O2. The van der Waals surface area contributed by atoms with E-state index in [1.54, 1.807) is 0 Å². The van der Waals surface area contributed by atoms with E-state index in [1.807, 2.05) is 6.07 Å². The Morgan fingerprint density at radius 1 is 1.05 bits per heavy atom. The Morgan fingerprint density at radius 3 is 2.85 bits per heavy atom. The topological polar surface area (TPSA) is 29.5 Å². The Kier molecular flexibility index (Phi) is 4.54. The molecule has 2 heteroatoms. The lowest BCUT2D eigenvalue weighted by Crippen LogP contribution is -2.28. The highest BCUT2D eigenvalue weighted by molar-refractivity contribution is 5.33. The van der Waals surface area contributed by atoms with Crippen molar-refractivity contribution in [3.05, 3.63) is 47.0 Å². The van der Waals surface area contributed by atoms with Gasteiger partial charge in [-0.3, -0.25) is 0 Å². The molecule has 0 bridgehead atoms. The van der Waals surface area contributed by atoms with Gasteiger partial charge in [-0.25, -0.2) is 0 Å². The number of allylic oxidation sites excluding steroid dienone is 1. The molecule has 2 nitrogen and oxygen atoms in total. The minimum Gasteiger partial charge on any atom is -0.386 e. The van der Waals surface area contributed by atoms with Crippen molar-refractivity contribution in [2.45, 2.75) is 57.2 Å². The maximum absolute atomic E-state index is 10.8. The van der Waals surface area contributed by atoms with Crippen molar-refractivity contribution in [1.82, 2.24) is 0 Å². The molecule has 1 aromatic carbocycles. The van der Waals surface area contributed by atoms with Crippen molar-refractivity contribution in [1.29, 1.82) is 0 Å². The Balaban J connectivity index is 1.81. The average molecular weight is 272 g/mol. The van der Waals surface area contributed by atoms with Crippen molar-refractivity contribution in [2.75, 3.05) is 6.61 Å². The van der Waals surface area contributed by atoms with E-state index in [0.717, 1.165) is 19.3 Å². The Morgan fingerprint density at radius 2 is 1.90 bits per heavy atom. The molecule has 1 aromatic rings. The Labute approximate surface area is 121 Å². The lowest BCUT2D eigenvalue weighted by molar-refractivity contribution is -0.0328. The van der Waals surface area contributed by atoms with Gasteiger partial charge in [0.1, 0.15) is 12.2 Å². The summed E-state index contributed by atoms with van der Waals surface area (Å²) in [7, 11) is 0. The van der Waals surface area contributed by atoms with Gasteiger partial charge in [0.25, 0.3) is 0 Å². The number of hydrogen-bond donors (Lipinski definition) is 1.